The Hall–Kier alpha value is -3.07. The first-order chi connectivity index (χ1) is 19.0. The van der Waals surface area contributed by atoms with Crippen LogP contribution >= 0.6 is 23.2 Å². The van der Waals surface area contributed by atoms with Crippen molar-refractivity contribution < 1.29 is 18.0 Å². The molecule has 0 heterocycles. The molecule has 10 heteroatoms. The maximum absolute atomic E-state index is 14.1. The normalized spacial score (nSPS) is 12.1. The zero-order valence-corrected chi connectivity index (χ0v) is 25.5. The van der Waals surface area contributed by atoms with Gasteiger partial charge in [-0.05, 0) is 68.1 Å². The highest BCUT2D eigenvalue weighted by Gasteiger charge is 2.34. The second-order valence-electron chi connectivity index (χ2n) is 9.59. The van der Waals surface area contributed by atoms with Gasteiger partial charge in [0.2, 0.25) is 11.8 Å². The van der Waals surface area contributed by atoms with Gasteiger partial charge in [-0.25, -0.2) is 8.42 Å². The molecule has 0 aliphatic rings. The molecule has 1 atom stereocenters. The van der Waals surface area contributed by atoms with Crippen molar-refractivity contribution in [3.05, 3.63) is 93.5 Å². The van der Waals surface area contributed by atoms with Gasteiger partial charge in [-0.15, -0.1) is 0 Å². The number of halogens is 2. The van der Waals surface area contributed by atoms with Crippen molar-refractivity contribution in [2.75, 3.05) is 17.4 Å². The van der Waals surface area contributed by atoms with E-state index in [0.717, 1.165) is 21.9 Å². The maximum atomic E-state index is 14.1. The number of benzene rings is 3. The van der Waals surface area contributed by atoms with Gasteiger partial charge in [-0.3, -0.25) is 13.9 Å². The van der Waals surface area contributed by atoms with Gasteiger partial charge in [-0.2, -0.15) is 0 Å². The molecular formula is C30H35Cl2N3O4S. The van der Waals surface area contributed by atoms with E-state index < -0.39 is 28.5 Å². The summed E-state index contributed by atoms with van der Waals surface area (Å²) in [6.07, 6.45) is 1.06. The van der Waals surface area contributed by atoms with Gasteiger partial charge in [0.25, 0.3) is 10.0 Å². The number of sulfonamides is 1. The van der Waals surface area contributed by atoms with E-state index in [9.17, 15) is 18.0 Å². The van der Waals surface area contributed by atoms with Gasteiger partial charge in [0.1, 0.15) is 12.6 Å². The molecule has 0 aromatic heterocycles. The predicted molar refractivity (Wildman–Crippen MR) is 161 cm³/mol. The Bertz CT molecular complexity index is 1450. The van der Waals surface area contributed by atoms with E-state index >= 15 is 0 Å². The lowest BCUT2D eigenvalue weighted by molar-refractivity contribution is -0.140. The van der Waals surface area contributed by atoms with Crippen molar-refractivity contribution in [1.82, 2.24) is 10.2 Å². The number of aryl methyl sites for hydroxylation is 2. The molecule has 0 radical (unpaired) electrons. The van der Waals surface area contributed by atoms with E-state index in [2.05, 4.69) is 5.32 Å². The summed E-state index contributed by atoms with van der Waals surface area (Å²) in [6, 6.07) is 17.5. The van der Waals surface area contributed by atoms with E-state index in [1.165, 1.54) is 23.1 Å². The molecule has 1 unspecified atom stereocenters. The van der Waals surface area contributed by atoms with Crippen LogP contribution in [0.4, 0.5) is 5.69 Å². The minimum absolute atomic E-state index is 0.0314. The fraction of sp³-hybridized carbons (Fsp3) is 0.333. The number of hydrogen-bond donors (Lipinski definition) is 1. The molecule has 40 heavy (non-hydrogen) atoms. The van der Waals surface area contributed by atoms with Crippen LogP contribution in [0, 0.1) is 13.8 Å². The smallest absolute Gasteiger partial charge is 0.264 e. The largest absolute Gasteiger partial charge is 0.354 e. The number of hydrogen-bond acceptors (Lipinski definition) is 4. The molecule has 7 nitrogen and oxygen atoms in total. The zero-order valence-electron chi connectivity index (χ0n) is 23.2. The molecule has 214 valence electrons. The Morgan fingerprint density at radius 3 is 2.20 bits per heavy atom. The van der Waals surface area contributed by atoms with Gasteiger partial charge in [0.15, 0.2) is 0 Å². The molecule has 0 aliphatic carbocycles. The number of nitrogens with one attached hydrogen (secondary N) is 1. The van der Waals surface area contributed by atoms with Gasteiger partial charge >= 0.3 is 0 Å². The highest BCUT2D eigenvalue weighted by molar-refractivity contribution is 7.92. The first kappa shape index (κ1) is 31.5. The lowest BCUT2D eigenvalue weighted by Crippen LogP contribution is -2.52. The molecule has 3 aromatic carbocycles. The molecule has 0 fully saturated rings. The lowest BCUT2D eigenvalue weighted by Gasteiger charge is -2.33. The lowest BCUT2D eigenvalue weighted by atomic mass is 10.1. The highest BCUT2D eigenvalue weighted by atomic mass is 35.5. The van der Waals surface area contributed by atoms with Crippen molar-refractivity contribution in [2.24, 2.45) is 0 Å². The highest BCUT2D eigenvalue weighted by Crippen LogP contribution is 2.29. The SMILES string of the molecule is CCCNC(=O)C(CC)N(Cc1ccccc1Cl)C(=O)CN(c1ccc(C)c(Cl)c1)S(=O)(=O)c1ccc(C)cc1. The van der Waals surface area contributed by atoms with Gasteiger partial charge in [0.05, 0.1) is 10.6 Å². The van der Waals surface area contributed by atoms with Crippen LogP contribution in [-0.2, 0) is 26.2 Å². The summed E-state index contributed by atoms with van der Waals surface area (Å²) in [5.74, 6) is -0.859. The van der Waals surface area contributed by atoms with Gasteiger partial charge in [0, 0.05) is 23.1 Å². The zero-order chi connectivity index (χ0) is 29.4. The Morgan fingerprint density at radius 1 is 0.925 bits per heavy atom. The first-order valence-corrected chi connectivity index (χ1v) is 15.3. The summed E-state index contributed by atoms with van der Waals surface area (Å²) in [5, 5.41) is 3.68. The summed E-state index contributed by atoms with van der Waals surface area (Å²) in [5.41, 5.74) is 2.55. The number of amides is 2. The Morgan fingerprint density at radius 2 is 1.60 bits per heavy atom. The molecule has 3 aromatic rings. The summed E-state index contributed by atoms with van der Waals surface area (Å²) in [7, 11) is -4.18. The Kier molecular flexibility index (Phi) is 11.0. The molecule has 3 rings (SSSR count). The van der Waals surface area contributed by atoms with Crippen LogP contribution in [0.5, 0.6) is 0 Å². The Balaban J connectivity index is 2.09. The maximum Gasteiger partial charge on any atom is 0.264 e. The molecule has 0 bridgehead atoms. The van der Waals surface area contributed by atoms with Crippen molar-refractivity contribution in [1.29, 1.82) is 0 Å². The number of nitrogens with zero attached hydrogens (tertiary/aromatic N) is 2. The summed E-state index contributed by atoms with van der Waals surface area (Å²) < 4.78 is 28.9. The average Bonchev–Trinajstić information content (AvgIpc) is 2.93. The summed E-state index contributed by atoms with van der Waals surface area (Å²) in [6.45, 7) is 7.36. The number of carbonyl (C=O) groups is 2. The van der Waals surface area contributed by atoms with E-state index in [0.29, 0.717) is 28.6 Å². The molecule has 0 spiro atoms. The Labute approximate surface area is 247 Å². The third-order valence-corrected chi connectivity index (χ3v) is 9.13. The van der Waals surface area contributed by atoms with E-state index in [4.69, 9.17) is 23.2 Å². The second kappa shape index (κ2) is 14.0. The van der Waals surface area contributed by atoms with Crippen LogP contribution in [0.15, 0.2) is 71.6 Å². The molecule has 2 amide bonds. The van der Waals surface area contributed by atoms with Crippen molar-refractivity contribution >= 4 is 50.7 Å². The minimum atomic E-state index is -4.18. The molecule has 1 N–H and O–H groups in total. The van der Waals surface area contributed by atoms with E-state index in [1.807, 2.05) is 27.7 Å². The van der Waals surface area contributed by atoms with Crippen molar-refractivity contribution in [3.63, 3.8) is 0 Å². The van der Waals surface area contributed by atoms with E-state index in [1.54, 1.807) is 48.5 Å². The topological polar surface area (TPSA) is 86.8 Å². The molecular weight excluding hydrogens is 569 g/mol. The fourth-order valence-electron chi connectivity index (χ4n) is 4.20. The molecule has 0 aliphatic heterocycles. The first-order valence-electron chi connectivity index (χ1n) is 13.2. The summed E-state index contributed by atoms with van der Waals surface area (Å²) >= 11 is 12.8. The quantitative estimate of drug-likeness (QED) is 0.269. The average molecular weight is 605 g/mol. The minimum Gasteiger partial charge on any atom is -0.354 e. The van der Waals surface area contributed by atoms with Gasteiger partial charge in [-0.1, -0.05) is 79.0 Å². The number of anilines is 1. The van der Waals surface area contributed by atoms with Crippen LogP contribution in [0.2, 0.25) is 10.0 Å². The molecule has 0 saturated heterocycles. The van der Waals surface area contributed by atoms with Crippen molar-refractivity contribution in [2.45, 2.75) is 58.0 Å². The number of carbonyl (C=O) groups excluding carboxylic acids is 2. The third kappa shape index (κ3) is 7.56. The number of rotatable bonds is 12. The summed E-state index contributed by atoms with van der Waals surface area (Å²) in [4.78, 5) is 28.7. The van der Waals surface area contributed by atoms with Crippen LogP contribution in [0.1, 0.15) is 43.4 Å². The van der Waals surface area contributed by atoms with Crippen LogP contribution in [-0.4, -0.2) is 44.3 Å². The van der Waals surface area contributed by atoms with Crippen LogP contribution in [0.25, 0.3) is 0 Å². The third-order valence-electron chi connectivity index (χ3n) is 6.56. The van der Waals surface area contributed by atoms with Crippen molar-refractivity contribution in [3.8, 4) is 0 Å². The molecule has 0 saturated carbocycles. The monoisotopic (exact) mass is 603 g/mol. The van der Waals surface area contributed by atoms with Crippen LogP contribution in [0.3, 0.4) is 0 Å². The van der Waals surface area contributed by atoms with Crippen LogP contribution < -0.4 is 9.62 Å². The van der Waals surface area contributed by atoms with E-state index in [-0.39, 0.29) is 23.0 Å². The van der Waals surface area contributed by atoms with Gasteiger partial charge < -0.3 is 10.2 Å². The standard InChI is InChI=1S/C30H35Cl2N3O4S/c1-5-17-33-30(37)28(6-2)34(19-23-9-7-8-10-26(23)31)29(36)20-35(24-14-13-22(4)27(32)18-24)40(38,39)25-15-11-21(3)12-16-25/h7-16,18,28H,5-6,17,19-20H2,1-4H3,(H,33,37). The predicted octanol–water partition coefficient (Wildman–Crippen LogP) is 6.14. The fourth-order valence-corrected chi connectivity index (χ4v) is 5.98. The second-order valence-corrected chi connectivity index (χ2v) is 12.3.